The predicted molar refractivity (Wildman–Crippen MR) is 174 cm³/mol. The summed E-state index contributed by atoms with van der Waals surface area (Å²) in [6.07, 6.45) is 0.959. The molecule has 2 aliphatic rings. The molecule has 4 N–H and O–H groups in total. The number of hydrogen-bond acceptors (Lipinski definition) is 10. The van der Waals surface area contributed by atoms with E-state index in [4.69, 9.17) is 14.7 Å². The zero-order chi connectivity index (χ0) is 33.2. The lowest BCUT2D eigenvalue weighted by atomic mass is 9.99. The Labute approximate surface area is 273 Å². The van der Waals surface area contributed by atoms with Crippen LogP contribution in [0.2, 0.25) is 0 Å². The van der Waals surface area contributed by atoms with Crippen molar-refractivity contribution >= 4 is 28.9 Å². The van der Waals surface area contributed by atoms with Crippen molar-refractivity contribution < 1.29 is 34.3 Å². The number of aliphatic hydroxyl groups is 1. The van der Waals surface area contributed by atoms with Gasteiger partial charge in [0.15, 0.2) is 6.29 Å². The molecule has 0 saturated carbocycles. The Morgan fingerprint density at radius 1 is 0.894 bits per heavy atom. The van der Waals surface area contributed by atoms with Crippen LogP contribution in [0.25, 0.3) is 0 Å². The molecule has 2 saturated heterocycles. The number of nitro benzene ring substituents is 1. The van der Waals surface area contributed by atoms with E-state index in [1.54, 1.807) is 23.7 Å². The van der Waals surface area contributed by atoms with Crippen molar-refractivity contribution in [2.75, 3.05) is 42.9 Å². The van der Waals surface area contributed by atoms with Gasteiger partial charge < -0.3 is 24.8 Å². The molecule has 2 heterocycles. The molecule has 0 radical (unpaired) electrons. The number of nitrogens with one attached hydrogen (secondary N) is 2. The number of ether oxygens (including phenoxy) is 2. The number of unbranched alkanes of at least 4 members (excludes halogenated alkanes) is 1. The van der Waals surface area contributed by atoms with Crippen LogP contribution >= 0.6 is 0 Å². The molecule has 0 aliphatic carbocycles. The number of piperazine rings is 1. The van der Waals surface area contributed by atoms with Crippen LogP contribution in [-0.2, 0) is 25.7 Å². The number of rotatable bonds is 13. The SMILES string of the molecule is O=C(CCCCC(=O)Nc1cccc(C2OC(CN3CCN(c4ccc([N+](=O)[O-])cc4)CC3)CC(c3ccc(CO)cc3)O2)c1)NO. The molecule has 3 atom stereocenters. The van der Waals surface area contributed by atoms with Crippen molar-refractivity contribution in [2.45, 2.75) is 57.2 Å². The van der Waals surface area contributed by atoms with Crippen LogP contribution < -0.4 is 15.7 Å². The molecular weight excluding hydrogens is 606 g/mol. The van der Waals surface area contributed by atoms with Gasteiger partial charge in [-0.25, -0.2) is 5.48 Å². The smallest absolute Gasteiger partial charge is 0.269 e. The molecule has 250 valence electrons. The van der Waals surface area contributed by atoms with Crippen molar-refractivity contribution in [1.82, 2.24) is 10.4 Å². The molecule has 3 aromatic rings. The summed E-state index contributed by atoms with van der Waals surface area (Å²) in [6.45, 7) is 3.85. The first-order valence-corrected chi connectivity index (χ1v) is 15.9. The molecule has 0 bridgehead atoms. The summed E-state index contributed by atoms with van der Waals surface area (Å²) in [5, 5.41) is 32.1. The van der Waals surface area contributed by atoms with E-state index < -0.39 is 17.1 Å². The van der Waals surface area contributed by atoms with E-state index in [0.717, 1.165) is 48.6 Å². The van der Waals surface area contributed by atoms with E-state index in [1.165, 1.54) is 12.1 Å². The van der Waals surface area contributed by atoms with Crippen molar-refractivity contribution in [1.29, 1.82) is 0 Å². The number of hydroxylamine groups is 1. The minimum atomic E-state index is -0.675. The number of nitro groups is 1. The first-order chi connectivity index (χ1) is 22.8. The van der Waals surface area contributed by atoms with Gasteiger partial charge in [-0.15, -0.1) is 0 Å². The number of carbonyl (C=O) groups is 2. The molecule has 2 aliphatic heterocycles. The van der Waals surface area contributed by atoms with Gasteiger partial charge in [0.2, 0.25) is 11.8 Å². The molecule has 3 unspecified atom stereocenters. The summed E-state index contributed by atoms with van der Waals surface area (Å²) in [7, 11) is 0. The van der Waals surface area contributed by atoms with E-state index in [1.807, 2.05) is 42.5 Å². The van der Waals surface area contributed by atoms with Gasteiger partial charge in [-0.1, -0.05) is 36.4 Å². The number of benzene rings is 3. The lowest BCUT2D eigenvalue weighted by Gasteiger charge is -2.41. The summed E-state index contributed by atoms with van der Waals surface area (Å²) in [5.41, 5.74) is 5.82. The van der Waals surface area contributed by atoms with Crippen molar-refractivity contribution in [2.24, 2.45) is 0 Å². The Morgan fingerprint density at radius 3 is 2.26 bits per heavy atom. The number of hydrogen-bond donors (Lipinski definition) is 4. The number of anilines is 2. The Balaban J connectivity index is 1.23. The van der Waals surface area contributed by atoms with Crippen molar-refractivity contribution in [3.8, 4) is 0 Å². The topological polar surface area (TPSA) is 167 Å². The number of carbonyl (C=O) groups excluding carboxylic acids is 2. The third-order valence-corrected chi connectivity index (χ3v) is 8.50. The maximum Gasteiger partial charge on any atom is 0.269 e. The fourth-order valence-corrected chi connectivity index (χ4v) is 5.91. The monoisotopic (exact) mass is 647 g/mol. The van der Waals surface area contributed by atoms with Crippen LogP contribution in [0.4, 0.5) is 17.1 Å². The summed E-state index contributed by atoms with van der Waals surface area (Å²) < 4.78 is 13.0. The predicted octanol–water partition coefficient (Wildman–Crippen LogP) is 4.46. The largest absolute Gasteiger partial charge is 0.392 e. The Hall–Kier alpha value is -4.40. The van der Waals surface area contributed by atoms with Gasteiger partial charge in [0.1, 0.15) is 0 Å². The molecule has 0 aromatic heterocycles. The van der Waals surface area contributed by atoms with E-state index in [0.29, 0.717) is 31.5 Å². The Bertz CT molecular complexity index is 1500. The van der Waals surface area contributed by atoms with Gasteiger partial charge in [0.05, 0.1) is 23.7 Å². The molecule has 13 nitrogen and oxygen atoms in total. The van der Waals surface area contributed by atoms with E-state index in [2.05, 4.69) is 15.1 Å². The van der Waals surface area contributed by atoms with Gasteiger partial charge >= 0.3 is 0 Å². The number of nitrogens with zero attached hydrogens (tertiary/aromatic N) is 3. The number of amides is 2. The second-order valence-corrected chi connectivity index (χ2v) is 11.8. The molecular formula is C34H41N5O8. The van der Waals surface area contributed by atoms with Gasteiger partial charge in [-0.3, -0.25) is 29.8 Å². The van der Waals surface area contributed by atoms with Crippen LogP contribution in [0, 0.1) is 10.1 Å². The highest BCUT2D eigenvalue weighted by molar-refractivity contribution is 5.90. The lowest BCUT2D eigenvalue weighted by molar-refractivity contribution is -0.384. The number of aliphatic hydroxyl groups excluding tert-OH is 1. The third kappa shape index (κ3) is 9.56. The van der Waals surface area contributed by atoms with E-state index in [9.17, 15) is 24.8 Å². The first-order valence-electron chi connectivity index (χ1n) is 15.9. The van der Waals surface area contributed by atoms with Gasteiger partial charge in [-0.05, 0) is 48.2 Å². The Kier molecular flexibility index (Phi) is 11.9. The number of non-ortho nitro benzene ring substituents is 1. The highest BCUT2D eigenvalue weighted by Gasteiger charge is 2.34. The minimum absolute atomic E-state index is 0.0392. The van der Waals surface area contributed by atoms with Crippen LogP contribution in [0.5, 0.6) is 0 Å². The van der Waals surface area contributed by atoms with Gasteiger partial charge in [-0.2, -0.15) is 0 Å². The maximum atomic E-state index is 12.6. The van der Waals surface area contributed by atoms with Gasteiger partial charge in [0, 0.05) is 81.1 Å². The normalized spacial score (nSPS) is 20.0. The van der Waals surface area contributed by atoms with Crippen LogP contribution in [0.15, 0.2) is 72.8 Å². The third-order valence-electron chi connectivity index (χ3n) is 8.50. The lowest BCUT2D eigenvalue weighted by Crippen LogP contribution is -2.49. The van der Waals surface area contributed by atoms with E-state index >= 15 is 0 Å². The Morgan fingerprint density at radius 2 is 1.60 bits per heavy atom. The van der Waals surface area contributed by atoms with Crippen molar-refractivity contribution in [3.63, 3.8) is 0 Å². The molecule has 2 amide bonds. The first kappa shape index (κ1) is 33.9. The zero-order valence-corrected chi connectivity index (χ0v) is 26.1. The average Bonchev–Trinajstić information content (AvgIpc) is 3.10. The van der Waals surface area contributed by atoms with Gasteiger partial charge in [0.25, 0.3) is 5.69 Å². The minimum Gasteiger partial charge on any atom is -0.392 e. The fourth-order valence-electron chi connectivity index (χ4n) is 5.91. The molecule has 5 rings (SSSR count). The standard InChI is InChI=1S/C34H41N5O8/c40-23-24-8-10-25(11-9-24)31-21-30(22-37-16-18-38(19-17-37)28-12-14-29(15-13-28)39(44)45)46-34(47-31)26-4-3-5-27(20-26)35-32(41)6-1-2-7-33(42)36-43/h3-5,8-15,20,30-31,34,40,43H,1-2,6-7,16-19,21-23H2,(H,35,41)(H,36,42). The van der Waals surface area contributed by atoms with Crippen molar-refractivity contribution in [3.05, 3.63) is 99.6 Å². The fraction of sp³-hybridized carbons (Fsp3) is 0.412. The van der Waals surface area contributed by atoms with E-state index in [-0.39, 0.29) is 43.3 Å². The molecule has 3 aromatic carbocycles. The zero-order valence-electron chi connectivity index (χ0n) is 26.1. The molecule has 0 spiro atoms. The van der Waals surface area contributed by atoms with Crippen LogP contribution in [0.3, 0.4) is 0 Å². The highest BCUT2D eigenvalue weighted by atomic mass is 16.7. The summed E-state index contributed by atoms with van der Waals surface area (Å²) in [6, 6.07) is 21.8. The second-order valence-electron chi connectivity index (χ2n) is 11.8. The second kappa shape index (κ2) is 16.4. The van der Waals surface area contributed by atoms with Crippen LogP contribution in [0.1, 0.15) is 61.2 Å². The summed E-state index contributed by atoms with van der Waals surface area (Å²) >= 11 is 0. The maximum absolute atomic E-state index is 12.6. The average molecular weight is 648 g/mol. The highest BCUT2D eigenvalue weighted by Crippen LogP contribution is 2.39. The molecule has 47 heavy (non-hydrogen) atoms. The van der Waals surface area contributed by atoms with Crippen LogP contribution in [-0.4, -0.2) is 70.8 Å². The quantitative estimate of drug-likeness (QED) is 0.0900. The molecule has 13 heteroatoms. The summed E-state index contributed by atoms with van der Waals surface area (Å²) in [4.78, 5) is 39.0. The summed E-state index contributed by atoms with van der Waals surface area (Å²) in [5.74, 6) is -0.652. The molecule has 2 fully saturated rings.